The molecular weight excluding hydrogens is 238 g/mol. The van der Waals surface area contributed by atoms with E-state index >= 15 is 0 Å². The second-order valence-corrected chi connectivity index (χ2v) is 5.54. The van der Waals surface area contributed by atoms with Crippen molar-refractivity contribution in [2.75, 3.05) is 30.8 Å². The average molecular weight is 261 g/mol. The fraction of sp³-hybridized carbons (Fsp3) is 0.533. The standard InChI is InChI=1S/C15H23N3O/c1-10-6-7-18(9-11(10)2)14-8-12(15(19)17-3)4-5-13(14)16/h4-5,8,10-11H,6-7,9,16H2,1-3H3,(H,17,19). The normalized spacial score (nSPS) is 23.2. The molecule has 2 unspecified atom stereocenters. The number of nitrogens with zero attached hydrogens (tertiary/aromatic N) is 1. The Labute approximate surface area is 115 Å². The Kier molecular flexibility index (Phi) is 3.98. The van der Waals surface area contributed by atoms with Crippen LogP contribution in [-0.4, -0.2) is 26.0 Å². The Balaban J connectivity index is 2.26. The highest BCUT2D eigenvalue weighted by atomic mass is 16.1. The summed E-state index contributed by atoms with van der Waals surface area (Å²) in [5.74, 6) is 1.33. The van der Waals surface area contributed by atoms with E-state index in [4.69, 9.17) is 5.73 Å². The molecule has 1 aromatic carbocycles. The van der Waals surface area contributed by atoms with Gasteiger partial charge in [0.2, 0.25) is 0 Å². The molecule has 1 fully saturated rings. The first-order valence-electron chi connectivity index (χ1n) is 6.89. The van der Waals surface area contributed by atoms with Crippen molar-refractivity contribution in [2.24, 2.45) is 11.8 Å². The van der Waals surface area contributed by atoms with Crippen molar-refractivity contribution in [3.8, 4) is 0 Å². The predicted octanol–water partition coefficient (Wildman–Crippen LogP) is 2.11. The zero-order chi connectivity index (χ0) is 14.0. The third-order valence-corrected chi connectivity index (χ3v) is 4.19. The van der Waals surface area contributed by atoms with Gasteiger partial charge < -0.3 is 16.0 Å². The van der Waals surface area contributed by atoms with Gasteiger partial charge in [-0.15, -0.1) is 0 Å². The van der Waals surface area contributed by atoms with Crippen LogP contribution in [-0.2, 0) is 0 Å². The molecule has 19 heavy (non-hydrogen) atoms. The van der Waals surface area contributed by atoms with E-state index < -0.39 is 0 Å². The van der Waals surface area contributed by atoms with Crippen LogP contribution in [0.15, 0.2) is 18.2 Å². The largest absolute Gasteiger partial charge is 0.397 e. The number of nitrogen functional groups attached to an aromatic ring is 1. The summed E-state index contributed by atoms with van der Waals surface area (Å²) in [6, 6.07) is 5.49. The van der Waals surface area contributed by atoms with Crippen molar-refractivity contribution in [3.05, 3.63) is 23.8 Å². The zero-order valence-electron chi connectivity index (χ0n) is 11.9. The summed E-state index contributed by atoms with van der Waals surface area (Å²) in [7, 11) is 1.64. The van der Waals surface area contributed by atoms with Gasteiger partial charge in [-0.25, -0.2) is 0 Å². The van der Waals surface area contributed by atoms with Crippen molar-refractivity contribution in [3.63, 3.8) is 0 Å². The highest BCUT2D eigenvalue weighted by molar-refractivity contribution is 5.96. The van der Waals surface area contributed by atoms with Gasteiger partial charge in [0.25, 0.3) is 5.91 Å². The number of nitrogens with one attached hydrogen (secondary N) is 1. The Hall–Kier alpha value is -1.71. The SMILES string of the molecule is CNC(=O)c1ccc(N)c(N2CCC(C)C(C)C2)c1. The van der Waals surface area contributed by atoms with Crippen molar-refractivity contribution in [1.29, 1.82) is 0 Å². The lowest BCUT2D eigenvalue weighted by atomic mass is 9.88. The molecule has 0 bridgehead atoms. The van der Waals surface area contributed by atoms with E-state index in [1.165, 1.54) is 6.42 Å². The summed E-state index contributed by atoms with van der Waals surface area (Å²) in [6.45, 7) is 6.58. The van der Waals surface area contributed by atoms with Crippen molar-refractivity contribution < 1.29 is 4.79 Å². The van der Waals surface area contributed by atoms with Gasteiger partial charge >= 0.3 is 0 Å². The zero-order valence-corrected chi connectivity index (χ0v) is 11.9. The first kappa shape index (κ1) is 13.7. The maximum absolute atomic E-state index is 11.7. The summed E-state index contributed by atoms with van der Waals surface area (Å²) >= 11 is 0. The minimum absolute atomic E-state index is 0.0697. The number of anilines is 2. The molecule has 3 N–H and O–H groups in total. The Morgan fingerprint density at radius 1 is 1.37 bits per heavy atom. The van der Waals surface area contributed by atoms with Crippen molar-refractivity contribution in [1.82, 2.24) is 5.32 Å². The van der Waals surface area contributed by atoms with E-state index in [0.29, 0.717) is 11.5 Å². The monoisotopic (exact) mass is 261 g/mol. The predicted molar refractivity (Wildman–Crippen MR) is 79.4 cm³/mol. The van der Waals surface area contributed by atoms with Crippen molar-refractivity contribution in [2.45, 2.75) is 20.3 Å². The van der Waals surface area contributed by atoms with Gasteiger partial charge in [0.15, 0.2) is 0 Å². The van der Waals surface area contributed by atoms with E-state index in [2.05, 4.69) is 24.1 Å². The molecule has 4 heteroatoms. The molecule has 0 saturated carbocycles. The second-order valence-electron chi connectivity index (χ2n) is 5.54. The van der Waals surface area contributed by atoms with Crippen LogP contribution in [0.4, 0.5) is 11.4 Å². The molecule has 2 atom stereocenters. The molecule has 0 spiro atoms. The van der Waals surface area contributed by atoms with E-state index in [9.17, 15) is 4.79 Å². The van der Waals surface area contributed by atoms with Crippen LogP contribution in [0.3, 0.4) is 0 Å². The summed E-state index contributed by atoms with van der Waals surface area (Å²) in [4.78, 5) is 14.0. The van der Waals surface area contributed by atoms with E-state index in [0.717, 1.165) is 30.4 Å². The van der Waals surface area contributed by atoms with Crippen LogP contribution in [0.25, 0.3) is 0 Å². The highest BCUT2D eigenvalue weighted by Gasteiger charge is 2.24. The smallest absolute Gasteiger partial charge is 0.251 e. The molecule has 1 heterocycles. The topological polar surface area (TPSA) is 58.4 Å². The van der Waals surface area contributed by atoms with Crippen LogP contribution in [0, 0.1) is 11.8 Å². The molecule has 2 rings (SSSR count). The van der Waals surface area contributed by atoms with E-state index in [1.54, 1.807) is 13.1 Å². The molecular formula is C15H23N3O. The Morgan fingerprint density at radius 2 is 2.11 bits per heavy atom. The third-order valence-electron chi connectivity index (χ3n) is 4.19. The number of carbonyl (C=O) groups excluding carboxylic acids is 1. The molecule has 4 nitrogen and oxygen atoms in total. The van der Waals surface area contributed by atoms with Crippen LogP contribution >= 0.6 is 0 Å². The maximum Gasteiger partial charge on any atom is 0.251 e. The lowest BCUT2D eigenvalue weighted by molar-refractivity contribution is 0.0963. The van der Waals surface area contributed by atoms with Gasteiger partial charge in [0.05, 0.1) is 11.4 Å². The molecule has 0 aliphatic carbocycles. The molecule has 1 aromatic rings. The van der Waals surface area contributed by atoms with Crippen molar-refractivity contribution >= 4 is 17.3 Å². The highest BCUT2D eigenvalue weighted by Crippen LogP contribution is 2.31. The maximum atomic E-state index is 11.7. The van der Waals surface area contributed by atoms with Crippen LogP contribution < -0.4 is 16.0 Å². The summed E-state index contributed by atoms with van der Waals surface area (Å²) in [6.07, 6.45) is 1.17. The number of carbonyl (C=O) groups is 1. The van der Waals surface area contributed by atoms with Crippen LogP contribution in [0.2, 0.25) is 0 Å². The molecule has 0 radical (unpaired) electrons. The fourth-order valence-corrected chi connectivity index (χ4v) is 2.58. The van der Waals surface area contributed by atoms with Gasteiger partial charge in [-0.2, -0.15) is 0 Å². The number of hydrogen-bond acceptors (Lipinski definition) is 3. The average Bonchev–Trinajstić information content (AvgIpc) is 2.41. The second kappa shape index (κ2) is 5.51. The molecule has 1 aliphatic heterocycles. The number of piperidine rings is 1. The number of rotatable bonds is 2. The first-order valence-corrected chi connectivity index (χ1v) is 6.89. The Morgan fingerprint density at radius 3 is 2.74 bits per heavy atom. The third kappa shape index (κ3) is 2.83. The minimum atomic E-state index is -0.0697. The lowest BCUT2D eigenvalue weighted by Gasteiger charge is -2.37. The van der Waals surface area contributed by atoms with Crippen LogP contribution in [0.1, 0.15) is 30.6 Å². The Bertz CT molecular complexity index is 472. The first-order chi connectivity index (χ1) is 9.02. The van der Waals surface area contributed by atoms with E-state index in [1.807, 2.05) is 12.1 Å². The molecule has 104 valence electrons. The minimum Gasteiger partial charge on any atom is -0.397 e. The number of nitrogens with two attached hydrogens (primary N) is 1. The van der Waals surface area contributed by atoms with Gasteiger partial charge in [0, 0.05) is 25.7 Å². The van der Waals surface area contributed by atoms with Crippen LogP contribution in [0.5, 0.6) is 0 Å². The van der Waals surface area contributed by atoms with Gasteiger partial charge in [-0.3, -0.25) is 4.79 Å². The summed E-state index contributed by atoms with van der Waals surface area (Å²) in [5, 5.41) is 2.65. The summed E-state index contributed by atoms with van der Waals surface area (Å²) < 4.78 is 0. The van der Waals surface area contributed by atoms with Gasteiger partial charge in [-0.05, 0) is 36.5 Å². The molecule has 1 aliphatic rings. The molecule has 1 amide bonds. The summed E-state index contributed by atoms with van der Waals surface area (Å²) in [5.41, 5.74) is 8.46. The molecule has 0 aromatic heterocycles. The van der Waals surface area contributed by atoms with Gasteiger partial charge in [-0.1, -0.05) is 13.8 Å². The van der Waals surface area contributed by atoms with E-state index in [-0.39, 0.29) is 5.91 Å². The lowest BCUT2D eigenvalue weighted by Crippen LogP contribution is -2.38. The fourth-order valence-electron chi connectivity index (χ4n) is 2.58. The quantitative estimate of drug-likeness (QED) is 0.802. The molecule has 1 saturated heterocycles. The van der Waals surface area contributed by atoms with Gasteiger partial charge in [0.1, 0.15) is 0 Å². The number of amides is 1. The number of hydrogen-bond donors (Lipinski definition) is 2. The number of benzene rings is 1.